The number of piperazine rings is 1. The van der Waals surface area contributed by atoms with E-state index in [4.69, 9.17) is 4.74 Å². The fourth-order valence-corrected chi connectivity index (χ4v) is 4.41. The lowest BCUT2D eigenvalue weighted by molar-refractivity contribution is -0.158. The molecule has 0 unspecified atom stereocenters. The second kappa shape index (κ2) is 7.39. The van der Waals surface area contributed by atoms with Crippen LogP contribution in [0.3, 0.4) is 0 Å². The third kappa shape index (κ3) is 3.56. The number of carbonyl (C=O) groups excluding carboxylic acids is 2. The molecule has 2 amide bonds. The molecule has 1 spiro atoms. The third-order valence-electron chi connectivity index (χ3n) is 5.35. The molecule has 0 radical (unpaired) electrons. The zero-order chi connectivity index (χ0) is 18.0. The molecule has 3 rings (SSSR count). The van der Waals surface area contributed by atoms with Crippen LogP contribution >= 0.6 is 11.3 Å². The minimum atomic E-state index is -0.493. The van der Waals surface area contributed by atoms with E-state index in [0.29, 0.717) is 32.5 Å². The summed E-state index contributed by atoms with van der Waals surface area (Å²) in [4.78, 5) is 35.7. The van der Waals surface area contributed by atoms with Gasteiger partial charge in [0.2, 0.25) is 11.8 Å². The summed E-state index contributed by atoms with van der Waals surface area (Å²) in [7, 11) is 3.55. The predicted molar refractivity (Wildman–Crippen MR) is 95.3 cm³/mol. The molecule has 0 N–H and O–H groups in total. The Bertz CT molecular complexity index is 640. The van der Waals surface area contributed by atoms with Crippen LogP contribution in [0.2, 0.25) is 0 Å². The molecule has 138 valence electrons. The first-order chi connectivity index (χ1) is 12.0. The van der Waals surface area contributed by atoms with Crippen molar-refractivity contribution in [3.63, 3.8) is 0 Å². The molecule has 25 heavy (non-hydrogen) atoms. The second-order valence-corrected chi connectivity index (χ2v) is 7.91. The van der Waals surface area contributed by atoms with Crippen LogP contribution in [0.4, 0.5) is 0 Å². The Kier molecular flexibility index (Phi) is 5.41. The highest BCUT2D eigenvalue weighted by atomic mass is 32.1. The van der Waals surface area contributed by atoms with Crippen LogP contribution in [0, 0.1) is 6.92 Å². The van der Waals surface area contributed by atoms with Gasteiger partial charge in [0.25, 0.3) is 0 Å². The van der Waals surface area contributed by atoms with Crippen LogP contribution in [0.5, 0.6) is 0 Å². The maximum Gasteiger partial charge on any atom is 0.248 e. The van der Waals surface area contributed by atoms with Gasteiger partial charge in [0.15, 0.2) is 0 Å². The summed E-state index contributed by atoms with van der Waals surface area (Å²) < 4.78 is 4.94. The fourth-order valence-electron chi connectivity index (χ4n) is 3.81. The topological polar surface area (TPSA) is 66.0 Å². The van der Waals surface area contributed by atoms with Gasteiger partial charge >= 0.3 is 0 Å². The average Bonchev–Trinajstić information content (AvgIpc) is 3.01. The SMILES string of the molecule is COCC(=O)N1CCC2(CC1)C(=O)N(Cc1csc(C)n1)CCN2C. The molecule has 0 bridgehead atoms. The lowest BCUT2D eigenvalue weighted by Crippen LogP contribution is -2.67. The molecule has 0 atom stereocenters. The predicted octanol–water partition coefficient (Wildman–Crippen LogP) is 0.733. The summed E-state index contributed by atoms with van der Waals surface area (Å²) in [5.74, 6) is 0.170. The molecule has 2 fully saturated rings. The van der Waals surface area contributed by atoms with Gasteiger partial charge in [0.05, 0.1) is 17.2 Å². The summed E-state index contributed by atoms with van der Waals surface area (Å²) >= 11 is 1.61. The Morgan fingerprint density at radius 3 is 2.64 bits per heavy atom. The molecule has 2 saturated heterocycles. The van der Waals surface area contributed by atoms with Crippen LogP contribution in [0.25, 0.3) is 0 Å². The maximum atomic E-state index is 13.3. The minimum absolute atomic E-state index is 0.00179. The Morgan fingerprint density at radius 2 is 2.04 bits per heavy atom. The van der Waals surface area contributed by atoms with Crippen LogP contribution < -0.4 is 0 Å². The smallest absolute Gasteiger partial charge is 0.248 e. The number of nitrogens with zero attached hydrogens (tertiary/aromatic N) is 4. The molecule has 0 aromatic carbocycles. The highest BCUT2D eigenvalue weighted by molar-refractivity contribution is 7.09. The lowest BCUT2D eigenvalue weighted by Gasteiger charge is -2.51. The number of amides is 2. The number of rotatable bonds is 4. The Morgan fingerprint density at radius 1 is 1.32 bits per heavy atom. The van der Waals surface area contributed by atoms with Crippen molar-refractivity contribution in [1.82, 2.24) is 19.7 Å². The first-order valence-corrected chi connectivity index (χ1v) is 9.52. The molecule has 2 aliphatic heterocycles. The second-order valence-electron chi connectivity index (χ2n) is 6.85. The molecule has 1 aromatic rings. The molecule has 7 nitrogen and oxygen atoms in total. The van der Waals surface area contributed by atoms with Gasteiger partial charge in [-0.15, -0.1) is 11.3 Å². The first-order valence-electron chi connectivity index (χ1n) is 8.64. The van der Waals surface area contributed by atoms with Gasteiger partial charge in [-0.05, 0) is 26.8 Å². The van der Waals surface area contributed by atoms with Crippen LogP contribution in [-0.4, -0.2) is 84.0 Å². The summed E-state index contributed by atoms with van der Waals surface area (Å²) in [6, 6.07) is 0. The van der Waals surface area contributed by atoms with Gasteiger partial charge in [0, 0.05) is 38.7 Å². The normalized spacial score (nSPS) is 21.2. The van der Waals surface area contributed by atoms with Crippen molar-refractivity contribution in [1.29, 1.82) is 0 Å². The van der Waals surface area contributed by atoms with E-state index < -0.39 is 5.54 Å². The number of aromatic nitrogens is 1. The van der Waals surface area contributed by atoms with E-state index in [9.17, 15) is 9.59 Å². The lowest BCUT2D eigenvalue weighted by atomic mass is 9.82. The minimum Gasteiger partial charge on any atom is -0.375 e. The number of ether oxygens (including phenoxy) is 1. The van der Waals surface area contributed by atoms with Crippen LogP contribution in [-0.2, 0) is 20.9 Å². The van der Waals surface area contributed by atoms with E-state index in [1.807, 2.05) is 24.3 Å². The van der Waals surface area contributed by atoms with Crippen molar-refractivity contribution in [3.8, 4) is 0 Å². The monoisotopic (exact) mass is 366 g/mol. The Balaban J connectivity index is 1.69. The van der Waals surface area contributed by atoms with Gasteiger partial charge in [-0.25, -0.2) is 4.98 Å². The number of carbonyl (C=O) groups is 2. The van der Waals surface area contributed by atoms with E-state index in [1.165, 1.54) is 7.11 Å². The molecular weight excluding hydrogens is 340 g/mol. The maximum absolute atomic E-state index is 13.3. The van der Waals surface area contributed by atoms with Gasteiger partial charge in [-0.3, -0.25) is 14.5 Å². The first kappa shape index (κ1) is 18.3. The zero-order valence-corrected chi connectivity index (χ0v) is 16.0. The third-order valence-corrected chi connectivity index (χ3v) is 6.17. The summed E-state index contributed by atoms with van der Waals surface area (Å²) in [5.41, 5.74) is 0.468. The van der Waals surface area contributed by atoms with E-state index in [0.717, 1.165) is 23.8 Å². The Labute approximate surface area is 152 Å². The van der Waals surface area contributed by atoms with E-state index >= 15 is 0 Å². The molecule has 2 aliphatic rings. The number of likely N-dealkylation sites (tertiary alicyclic amines) is 1. The number of likely N-dealkylation sites (N-methyl/N-ethyl adjacent to an activating group) is 1. The van der Waals surface area contributed by atoms with Crippen LogP contribution in [0.15, 0.2) is 5.38 Å². The standard InChI is InChI=1S/C17H26N4O3S/c1-13-18-14(12-25-13)10-21-9-8-19(2)17(16(21)23)4-6-20(7-5-17)15(22)11-24-3/h12H,4-11H2,1-3H3. The van der Waals surface area contributed by atoms with E-state index in [1.54, 1.807) is 16.2 Å². The summed E-state index contributed by atoms with van der Waals surface area (Å²) in [5, 5.41) is 3.05. The molecule has 3 heterocycles. The van der Waals surface area contributed by atoms with Crippen LogP contribution in [0.1, 0.15) is 23.5 Å². The number of methoxy groups -OCH3 is 1. The number of hydrogen-bond acceptors (Lipinski definition) is 6. The van der Waals surface area contributed by atoms with Gasteiger partial charge in [-0.2, -0.15) is 0 Å². The van der Waals surface area contributed by atoms with Crippen molar-refractivity contribution < 1.29 is 14.3 Å². The number of piperidine rings is 1. The number of aryl methyl sites for hydroxylation is 1. The van der Waals surface area contributed by atoms with Gasteiger partial charge in [0.1, 0.15) is 12.1 Å². The number of hydrogen-bond donors (Lipinski definition) is 0. The summed E-state index contributed by atoms with van der Waals surface area (Å²) in [6.07, 6.45) is 1.34. The van der Waals surface area contributed by atoms with E-state index in [-0.39, 0.29) is 18.4 Å². The van der Waals surface area contributed by atoms with Crippen molar-refractivity contribution in [2.45, 2.75) is 31.8 Å². The highest BCUT2D eigenvalue weighted by Crippen LogP contribution is 2.33. The molecule has 0 aliphatic carbocycles. The fraction of sp³-hybridized carbons (Fsp3) is 0.706. The molecular formula is C17H26N4O3S. The van der Waals surface area contributed by atoms with E-state index in [2.05, 4.69) is 9.88 Å². The quantitative estimate of drug-likeness (QED) is 0.786. The highest BCUT2D eigenvalue weighted by Gasteiger charge is 2.49. The Hall–Kier alpha value is -1.51. The van der Waals surface area contributed by atoms with Crippen molar-refractivity contribution in [3.05, 3.63) is 16.1 Å². The molecule has 8 heteroatoms. The zero-order valence-electron chi connectivity index (χ0n) is 15.2. The largest absolute Gasteiger partial charge is 0.375 e. The summed E-state index contributed by atoms with van der Waals surface area (Å²) in [6.45, 7) is 5.43. The van der Waals surface area contributed by atoms with Crippen molar-refractivity contribution >= 4 is 23.2 Å². The van der Waals surface area contributed by atoms with Gasteiger partial charge < -0.3 is 14.5 Å². The van der Waals surface area contributed by atoms with Crippen molar-refractivity contribution in [2.24, 2.45) is 0 Å². The van der Waals surface area contributed by atoms with Crippen molar-refractivity contribution in [2.75, 3.05) is 46.9 Å². The van der Waals surface area contributed by atoms with Gasteiger partial charge in [-0.1, -0.05) is 0 Å². The number of thiazole rings is 1. The molecule has 1 aromatic heterocycles. The molecule has 0 saturated carbocycles. The average molecular weight is 366 g/mol.